The minimum atomic E-state index is -4.29. The van der Waals surface area contributed by atoms with Crippen LogP contribution in [0.5, 0.6) is 0 Å². The number of carbonyl (C=O) groups is 4. The first-order valence-electron chi connectivity index (χ1n) is 17.6. The summed E-state index contributed by atoms with van der Waals surface area (Å²) in [6.07, 6.45) is 8.78. The second kappa shape index (κ2) is 16.3. The van der Waals surface area contributed by atoms with Crippen LogP contribution in [0.2, 0.25) is 0 Å². The predicted octanol–water partition coefficient (Wildman–Crippen LogP) is 2.96. The molecule has 5 atom stereocenters. The lowest BCUT2D eigenvalue weighted by Crippen LogP contribution is -2.62. The van der Waals surface area contributed by atoms with Gasteiger partial charge in [0.25, 0.3) is 5.91 Å². The highest BCUT2D eigenvalue weighted by Gasteiger charge is 2.48. The first-order valence-corrected chi connectivity index (χ1v) is 19.0. The minimum Gasteiger partial charge on any atom is -0.465 e. The second-order valence-electron chi connectivity index (χ2n) is 14.4. The van der Waals surface area contributed by atoms with E-state index in [1.807, 2.05) is 11.6 Å². The van der Waals surface area contributed by atoms with Crippen LogP contribution in [0, 0.1) is 11.8 Å². The molecule has 0 aromatic heterocycles. The molecule has 0 aromatic carbocycles. The fourth-order valence-electron chi connectivity index (χ4n) is 7.16. The number of nitrogens with one attached hydrogen (secondary N) is 3. The van der Waals surface area contributed by atoms with Crippen molar-refractivity contribution in [3.63, 3.8) is 0 Å². The zero-order valence-electron chi connectivity index (χ0n) is 29.0. The number of likely N-dealkylation sites (tertiary alicyclic amines) is 1. The maximum absolute atomic E-state index is 13.3. The maximum Gasteiger partial charge on any atom is 0.407 e. The van der Waals surface area contributed by atoms with Crippen LogP contribution in [0.1, 0.15) is 78.1 Å². The fraction of sp³-hybridized carbons (Fsp3) is 0.706. The van der Waals surface area contributed by atoms with Crippen LogP contribution in [0.4, 0.5) is 9.59 Å². The number of carboxylic acid groups (broad SMARTS) is 1. The van der Waals surface area contributed by atoms with Crippen molar-refractivity contribution in [2.75, 3.05) is 39.4 Å². The normalized spacial score (nSPS) is 26.0. The zero-order chi connectivity index (χ0) is 36.1. The van der Waals surface area contributed by atoms with Gasteiger partial charge in [-0.1, -0.05) is 19.1 Å². The highest BCUT2D eigenvalue weighted by molar-refractivity contribution is 7.85. The highest BCUT2D eigenvalue weighted by atomic mass is 32.2. The molecule has 278 valence electrons. The molecule has 5 aliphatic rings. The average Bonchev–Trinajstić information content (AvgIpc) is 3.40. The largest absolute Gasteiger partial charge is 0.465 e. The third kappa shape index (κ3) is 9.86. The van der Waals surface area contributed by atoms with Crippen LogP contribution in [-0.4, -0.2) is 111 Å². The Morgan fingerprint density at radius 1 is 1.20 bits per heavy atom. The van der Waals surface area contributed by atoms with E-state index in [4.69, 9.17) is 13.7 Å². The molecular formula is C34H51N5O10S. The van der Waals surface area contributed by atoms with Gasteiger partial charge in [0.15, 0.2) is 0 Å². The van der Waals surface area contributed by atoms with Gasteiger partial charge >= 0.3 is 22.5 Å². The highest BCUT2D eigenvalue weighted by Crippen LogP contribution is 2.40. The van der Waals surface area contributed by atoms with E-state index in [1.54, 1.807) is 11.8 Å². The van der Waals surface area contributed by atoms with Crippen molar-refractivity contribution in [3.8, 4) is 0 Å². The summed E-state index contributed by atoms with van der Waals surface area (Å²) < 4.78 is 42.9. The van der Waals surface area contributed by atoms with Gasteiger partial charge in [0, 0.05) is 31.6 Å². The van der Waals surface area contributed by atoms with E-state index in [0.29, 0.717) is 45.5 Å². The van der Waals surface area contributed by atoms with E-state index in [9.17, 15) is 32.7 Å². The van der Waals surface area contributed by atoms with Crippen molar-refractivity contribution in [1.29, 1.82) is 0 Å². The number of amides is 4. The molecule has 3 aliphatic heterocycles. The second-order valence-corrected chi connectivity index (χ2v) is 15.6. The summed E-state index contributed by atoms with van der Waals surface area (Å²) >= 11 is 0. The Labute approximate surface area is 294 Å². The van der Waals surface area contributed by atoms with Crippen molar-refractivity contribution >= 4 is 34.3 Å². The molecular weight excluding hydrogens is 670 g/mol. The number of carbonyl (C=O) groups excluding carboxylic acids is 3. The molecule has 2 saturated heterocycles. The van der Waals surface area contributed by atoms with Gasteiger partial charge in [0.2, 0.25) is 5.91 Å². The summed E-state index contributed by atoms with van der Waals surface area (Å²) in [4.78, 5) is 53.1. The fourth-order valence-corrected chi connectivity index (χ4v) is 8.28. The van der Waals surface area contributed by atoms with Gasteiger partial charge in [-0.2, -0.15) is 8.42 Å². The lowest BCUT2D eigenvalue weighted by atomic mass is 9.90. The van der Waals surface area contributed by atoms with Gasteiger partial charge in [-0.15, -0.1) is 6.58 Å². The van der Waals surface area contributed by atoms with Crippen LogP contribution in [0.15, 0.2) is 35.5 Å². The number of allylic oxidation sites excluding steroid dienone is 1. The molecule has 50 heavy (non-hydrogen) atoms. The third-order valence-corrected chi connectivity index (χ3v) is 11.2. The number of unbranched alkanes of at least 4 members (excludes halogenated alkanes) is 2. The summed E-state index contributed by atoms with van der Waals surface area (Å²) in [7, 11) is -4.29. The van der Waals surface area contributed by atoms with E-state index in [2.05, 4.69) is 23.3 Å². The summed E-state index contributed by atoms with van der Waals surface area (Å²) in [5, 5.41) is 15.0. The third-order valence-electron chi connectivity index (χ3n) is 10.2. The van der Waals surface area contributed by atoms with Crippen molar-refractivity contribution in [2.45, 2.75) is 102 Å². The van der Waals surface area contributed by atoms with Crippen molar-refractivity contribution in [2.24, 2.45) is 11.8 Å². The van der Waals surface area contributed by atoms with Crippen molar-refractivity contribution < 1.29 is 46.4 Å². The standard InChI is InChI=1S/C34H51N5O10S/c1-4-9-27(30(41)37-50(45,46)49-34(3)13-14-34)36-31-26(21-48-31)28-16-22(2)18-39(28)29(40)17-35-32(42)47-15-7-5-6-10-23-11-8-12-24-19-38(33(43)44)20-25(23)24/h4,11,22,26-28,31,36H,1,5-10,12-21H2,2-3H3,(H,35,42)(H,37,41)(H,43,44). The molecule has 0 spiro atoms. The Balaban J connectivity index is 1.01. The van der Waals surface area contributed by atoms with Gasteiger partial charge in [0.1, 0.15) is 12.8 Å². The first-order chi connectivity index (χ1) is 23.8. The molecule has 3 heterocycles. The Morgan fingerprint density at radius 2 is 1.98 bits per heavy atom. The molecule has 4 amide bonds. The molecule has 0 bridgehead atoms. The molecule has 2 aliphatic carbocycles. The molecule has 15 nitrogen and oxygen atoms in total. The van der Waals surface area contributed by atoms with Crippen LogP contribution in [0.25, 0.3) is 0 Å². The predicted molar refractivity (Wildman–Crippen MR) is 182 cm³/mol. The van der Waals surface area contributed by atoms with E-state index in [1.165, 1.54) is 27.7 Å². The summed E-state index contributed by atoms with van der Waals surface area (Å²) in [5.74, 6) is -0.962. The van der Waals surface area contributed by atoms with E-state index in [-0.39, 0.29) is 43.4 Å². The lowest BCUT2D eigenvalue weighted by molar-refractivity contribution is -0.167. The lowest BCUT2D eigenvalue weighted by Gasteiger charge is -2.44. The van der Waals surface area contributed by atoms with Crippen LogP contribution >= 0.6 is 0 Å². The summed E-state index contributed by atoms with van der Waals surface area (Å²) in [6, 6.07) is -1.14. The topological polar surface area (TPSA) is 193 Å². The number of hydrogen-bond donors (Lipinski definition) is 4. The summed E-state index contributed by atoms with van der Waals surface area (Å²) in [5.41, 5.74) is 2.86. The molecule has 0 aromatic rings. The summed E-state index contributed by atoms with van der Waals surface area (Å²) in [6.45, 7) is 9.22. The molecule has 1 saturated carbocycles. The monoisotopic (exact) mass is 721 g/mol. The molecule has 5 unspecified atom stereocenters. The van der Waals surface area contributed by atoms with Gasteiger partial charge < -0.3 is 29.7 Å². The Hall–Kier alpha value is -3.47. The molecule has 16 heteroatoms. The number of rotatable bonds is 17. The average molecular weight is 722 g/mol. The van der Waals surface area contributed by atoms with E-state index in [0.717, 1.165) is 38.5 Å². The van der Waals surface area contributed by atoms with E-state index >= 15 is 0 Å². The number of hydrogen-bond acceptors (Lipinski definition) is 10. The van der Waals surface area contributed by atoms with Gasteiger partial charge in [-0.25, -0.2) is 18.5 Å². The zero-order valence-corrected chi connectivity index (χ0v) is 29.8. The van der Waals surface area contributed by atoms with Gasteiger partial charge in [-0.05, 0) is 93.8 Å². The number of alkyl carbamates (subject to hydrolysis) is 1. The molecule has 0 radical (unpaired) electrons. The van der Waals surface area contributed by atoms with Crippen LogP contribution < -0.4 is 15.4 Å². The Kier molecular flexibility index (Phi) is 12.3. The maximum atomic E-state index is 13.3. The van der Waals surface area contributed by atoms with E-state index < -0.39 is 46.3 Å². The molecule has 3 fully saturated rings. The quantitative estimate of drug-likeness (QED) is 0.128. The van der Waals surface area contributed by atoms with Crippen LogP contribution in [-0.2, 0) is 33.6 Å². The van der Waals surface area contributed by atoms with Crippen molar-refractivity contribution in [3.05, 3.63) is 35.5 Å². The SMILES string of the molecule is C=CCC(NC1OCC1C1CC(C)CN1C(=O)CNC(=O)OCCCCCC1=CCCC2=C1CN(C(=O)O)C2)C(=O)NS(=O)(=O)OC1(C)CC1. The van der Waals surface area contributed by atoms with Gasteiger partial charge in [-0.3, -0.25) is 14.9 Å². The molecule has 4 N–H and O–H groups in total. The number of nitrogens with zero attached hydrogens (tertiary/aromatic N) is 2. The van der Waals surface area contributed by atoms with Crippen LogP contribution in [0.3, 0.4) is 0 Å². The smallest absolute Gasteiger partial charge is 0.407 e. The van der Waals surface area contributed by atoms with Crippen molar-refractivity contribution in [1.82, 2.24) is 25.2 Å². The Bertz CT molecular complexity index is 1490. The minimum absolute atomic E-state index is 0.144. The number of ether oxygens (including phenoxy) is 2. The first kappa shape index (κ1) is 37.8. The Morgan fingerprint density at radius 3 is 2.66 bits per heavy atom. The molecule has 5 rings (SSSR count). The van der Waals surface area contributed by atoms with Gasteiger partial charge in [0.05, 0.1) is 24.9 Å².